The fourth-order valence-electron chi connectivity index (χ4n) is 4.15. The van der Waals surface area contributed by atoms with Gasteiger partial charge >= 0.3 is 0 Å². The predicted octanol–water partition coefficient (Wildman–Crippen LogP) is 2.80. The number of anilines is 1. The molecule has 21 heavy (non-hydrogen) atoms. The van der Waals surface area contributed by atoms with E-state index in [1.165, 1.54) is 42.6 Å². The number of piperidine rings is 1. The van der Waals surface area contributed by atoms with Gasteiger partial charge in [-0.05, 0) is 55.8 Å². The molecule has 3 nitrogen and oxygen atoms in total. The molecule has 0 aliphatic carbocycles. The second-order valence-corrected chi connectivity index (χ2v) is 7.03. The number of fused-ring (bicyclic) bond motifs is 1. The summed E-state index contributed by atoms with van der Waals surface area (Å²) < 4.78 is 0. The van der Waals surface area contributed by atoms with Gasteiger partial charge in [0.25, 0.3) is 0 Å². The van der Waals surface area contributed by atoms with Gasteiger partial charge in [-0.25, -0.2) is 0 Å². The molecule has 2 heterocycles. The third-order valence-electron chi connectivity index (χ3n) is 5.43. The van der Waals surface area contributed by atoms with Crippen LogP contribution in [0.3, 0.4) is 0 Å². The zero-order valence-corrected chi connectivity index (χ0v) is 13.7. The monoisotopic (exact) mass is 287 g/mol. The predicted molar refractivity (Wildman–Crippen MR) is 89.8 cm³/mol. The molecule has 1 aromatic rings. The summed E-state index contributed by atoms with van der Waals surface area (Å²) in [7, 11) is 2.18. The Balaban J connectivity index is 1.83. The van der Waals surface area contributed by atoms with E-state index < -0.39 is 0 Å². The Morgan fingerprint density at radius 1 is 1.29 bits per heavy atom. The number of benzene rings is 1. The Labute approximate surface area is 129 Å². The molecule has 1 aromatic carbocycles. The number of nitrogens with zero attached hydrogens (tertiary/aromatic N) is 2. The topological polar surface area (TPSA) is 32.5 Å². The molecule has 3 rings (SSSR count). The van der Waals surface area contributed by atoms with Gasteiger partial charge in [-0.2, -0.15) is 0 Å². The van der Waals surface area contributed by atoms with Crippen LogP contribution in [0.2, 0.25) is 0 Å². The van der Waals surface area contributed by atoms with Gasteiger partial charge in [0.15, 0.2) is 0 Å². The van der Waals surface area contributed by atoms with Gasteiger partial charge in [-0.3, -0.25) is 4.90 Å². The molecule has 0 spiro atoms. The van der Waals surface area contributed by atoms with Gasteiger partial charge in [0.2, 0.25) is 0 Å². The van der Waals surface area contributed by atoms with E-state index in [4.69, 9.17) is 5.73 Å². The largest absolute Gasteiger partial charge is 0.374 e. The first-order chi connectivity index (χ1) is 10.1. The van der Waals surface area contributed by atoms with E-state index in [1.807, 2.05) is 0 Å². The van der Waals surface area contributed by atoms with E-state index in [2.05, 4.69) is 48.9 Å². The average Bonchev–Trinajstić information content (AvgIpc) is 2.83. The van der Waals surface area contributed by atoms with Gasteiger partial charge < -0.3 is 10.6 Å². The molecule has 3 unspecified atom stereocenters. The molecule has 0 bridgehead atoms. The summed E-state index contributed by atoms with van der Waals surface area (Å²) in [6.07, 6.45) is 3.77. The first kappa shape index (κ1) is 14.9. The van der Waals surface area contributed by atoms with E-state index in [9.17, 15) is 0 Å². The SMILES string of the molecule is CC1CCN(C(CN)c2ccc3c(c2)CCN3C)C(C)C1. The summed E-state index contributed by atoms with van der Waals surface area (Å²) in [6, 6.07) is 8.00. The molecule has 0 amide bonds. The number of hydrogen-bond donors (Lipinski definition) is 1. The van der Waals surface area contributed by atoms with E-state index in [0.717, 1.165) is 12.5 Å². The van der Waals surface area contributed by atoms with Crippen LogP contribution in [0.15, 0.2) is 18.2 Å². The first-order valence-corrected chi connectivity index (χ1v) is 8.40. The van der Waals surface area contributed by atoms with Gasteiger partial charge in [0.05, 0.1) is 0 Å². The zero-order valence-electron chi connectivity index (χ0n) is 13.7. The average molecular weight is 287 g/mol. The van der Waals surface area contributed by atoms with Crippen molar-refractivity contribution in [1.82, 2.24) is 4.90 Å². The summed E-state index contributed by atoms with van der Waals surface area (Å²) in [5, 5.41) is 0. The zero-order chi connectivity index (χ0) is 15.0. The summed E-state index contributed by atoms with van der Waals surface area (Å²) in [6.45, 7) is 7.77. The molecule has 0 aromatic heterocycles. The lowest BCUT2D eigenvalue weighted by Crippen LogP contribution is -2.44. The molecule has 1 saturated heterocycles. The second kappa shape index (κ2) is 5.98. The normalized spacial score (nSPS) is 27.7. The van der Waals surface area contributed by atoms with E-state index >= 15 is 0 Å². The molecule has 0 radical (unpaired) electrons. The van der Waals surface area contributed by atoms with Crippen LogP contribution in [-0.4, -0.2) is 37.6 Å². The molecular formula is C18H29N3. The third kappa shape index (κ3) is 2.82. The van der Waals surface area contributed by atoms with Crippen LogP contribution < -0.4 is 10.6 Å². The van der Waals surface area contributed by atoms with Crippen LogP contribution in [0.4, 0.5) is 5.69 Å². The van der Waals surface area contributed by atoms with Gasteiger partial charge in [-0.1, -0.05) is 19.1 Å². The Hall–Kier alpha value is -1.06. The van der Waals surface area contributed by atoms with Gasteiger partial charge in [0, 0.05) is 37.9 Å². The quantitative estimate of drug-likeness (QED) is 0.928. The number of hydrogen-bond acceptors (Lipinski definition) is 3. The van der Waals surface area contributed by atoms with Crippen LogP contribution >= 0.6 is 0 Å². The molecule has 3 heteroatoms. The highest BCUT2D eigenvalue weighted by Crippen LogP contribution is 2.34. The Kier molecular flexibility index (Phi) is 4.23. The maximum Gasteiger partial charge on any atom is 0.0473 e. The van der Waals surface area contributed by atoms with Crippen molar-refractivity contribution in [3.63, 3.8) is 0 Å². The second-order valence-electron chi connectivity index (χ2n) is 7.03. The first-order valence-electron chi connectivity index (χ1n) is 8.40. The summed E-state index contributed by atoms with van der Waals surface area (Å²) >= 11 is 0. The van der Waals surface area contributed by atoms with Crippen molar-refractivity contribution in [2.45, 2.75) is 45.2 Å². The minimum Gasteiger partial charge on any atom is -0.374 e. The van der Waals surface area contributed by atoms with Crippen molar-refractivity contribution in [3.05, 3.63) is 29.3 Å². The third-order valence-corrected chi connectivity index (χ3v) is 5.43. The van der Waals surface area contributed by atoms with Crippen molar-refractivity contribution in [3.8, 4) is 0 Å². The summed E-state index contributed by atoms with van der Waals surface area (Å²) in [5.74, 6) is 0.850. The molecular weight excluding hydrogens is 258 g/mol. The van der Waals surface area contributed by atoms with E-state index in [0.29, 0.717) is 18.6 Å². The van der Waals surface area contributed by atoms with Gasteiger partial charge in [-0.15, -0.1) is 0 Å². The highest BCUT2D eigenvalue weighted by Gasteiger charge is 2.29. The lowest BCUT2D eigenvalue weighted by molar-refractivity contribution is 0.0847. The fraction of sp³-hybridized carbons (Fsp3) is 0.667. The molecule has 3 atom stereocenters. The molecule has 2 aliphatic heterocycles. The van der Waals surface area contributed by atoms with Crippen molar-refractivity contribution < 1.29 is 0 Å². The molecule has 2 N–H and O–H groups in total. The molecule has 1 fully saturated rings. The van der Waals surface area contributed by atoms with Crippen molar-refractivity contribution in [1.29, 1.82) is 0 Å². The molecule has 2 aliphatic rings. The summed E-state index contributed by atoms with van der Waals surface area (Å²) in [5.41, 5.74) is 10.5. The minimum atomic E-state index is 0.378. The van der Waals surface area contributed by atoms with Crippen molar-refractivity contribution in [2.75, 3.05) is 31.6 Å². The maximum absolute atomic E-state index is 6.15. The van der Waals surface area contributed by atoms with Crippen LogP contribution in [0.25, 0.3) is 0 Å². The lowest BCUT2D eigenvalue weighted by atomic mass is 9.90. The number of likely N-dealkylation sites (N-methyl/N-ethyl adjacent to an activating group) is 1. The van der Waals surface area contributed by atoms with E-state index in [-0.39, 0.29) is 0 Å². The fourth-order valence-corrected chi connectivity index (χ4v) is 4.15. The highest BCUT2D eigenvalue weighted by atomic mass is 15.2. The lowest BCUT2D eigenvalue weighted by Gasteiger charge is -2.41. The van der Waals surface area contributed by atoms with Crippen LogP contribution in [-0.2, 0) is 6.42 Å². The van der Waals surface area contributed by atoms with Crippen molar-refractivity contribution in [2.24, 2.45) is 11.7 Å². The van der Waals surface area contributed by atoms with Crippen LogP contribution in [0.5, 0.6) is 0 Å². The number of likely N-dealkylation sites (tertiary alicyclic amines) is 1. The minimum absolute atomic E-state index is 0.378. The highest BCUT2D eigenvalue weighted by molar-refractivity contribution is 5.58. The molecule has 0 saturated carbocycles. The molecule has 116 valence electrons. The Bertz CT molecular complexity index is 499. The number of rotatable bonds is 3. The van der Waals surface area contributed by atoms with Crippen molar-refractivity contribution >= 4 is 5.69 Å². The van der Waals surface area contributed by atoms with E-state index in [1.54, 1.807) is 0 Å². The number of nitrogens with two attached hydrogens (primary N) is 1. The standard InChI is InChI=1S/C18H29N3/c1-13-6-9-21(14(2)10-13)18(12-19)15-4-5-17-16(11-15)7-8-20(17)3/h4-5,11,13-14,18H,6-10,12,19H2,1-3H3. The Morgan fingerprint density at radius 2 is 2.10 bits per heavy atom. The van der Waals surface area contributed by atoms with Crippen LogP contribution in [0.1, 0.15) is 43.9 Å². The smallest absolute Gasteiger partial charge is 0.0473 e. The van der Waals surface area contributed by atoms with Gasteiger partial charge in [0.1, 0.15) is 0 Å². The maximum atomic E-state index is 6.15. The Morgan fingerprint density at radius 3 is 2.81 bits per heavy atom. The summed E-state index contributed by atoms with van der Waals surface area (Å²) in [4.78, 5) is 4.97. The van der Waals surface area contributed by atoms with Crippen LogP contribution in [0, 0.1) is 5.92 Å².